The van der Waals surface area contributed by atoms with Gasteiger partial charge in [0.1, 0.15) is 24.2 Å². The molecule has 11 heteroatoms. The fourth-order valence-corrected chi connectivity index (χ4v) is 5.64. The van der Waals surface area contributed by atoms with Gasteiger partial charge >= 0.3 is 0 Å². The van der Waals surface area contributed by atoms with E-state index in [0.29, 0.717) is 11.4 Å². The van der Waals surface area contributed by atoms with Gasteiger partial charge < -0.3 is 14.5 Å². The second kappa shape index (κ2) is 9.01. The summed E-state index contributed by atoms with van der Waals surface area (Å²) >= 11 is 0. The molecule has 11 nitrogen and oxygen atoms in total. The zero-order valence-corrected chi connectivity index (χ0v) is 21.3. The standard InChI is InChI=1S/C27H28N10O/c1-17-14-36(27-23(38-27)24-30-6-3-7-31-24)18(2)13-35(17)25-22-20(34-9-4-10-34)15-37(26(22)33-16-32-25)21-11-19(12-28)5-8-29-21/h3,5-8,11,15-18,23,27H,4,9-10,13-14H2,1-2H3/t17-,18+,23?,27?/m0/s1. The van der Waals surface area contributed by atoms with Gasteiger partial charge in [0, 0.05) is 63.1 Å². The van der Waals surface area contributed by atoms with Gasteiger partial charge in [0.15, 0.2) is 17.6 Å². The molecule has 3 fully saturated rings. The van der Waals surface area contributed by atoms with Crippen LogP contribution in [0.15, 0.2) is 49.3 Å². The number of hydrogen-bond donors (Lipinski definition) is 0. The number of nitrogens with zero attached hydrogens (tertiary/aromatic N) is 10. The van der Waals surface area contributed by atoms with Crippen LogP contribution in [0.2, 0.25) is 0 Å². The van der Waals surface area contributed by atoms with Crippen LogP contribution >= 0.6 is 0 Å². The first-order chi connectivity index (χ1) is 18.6. The maximum Gasteiger partial charge on any atom is 0.161 e. The average molecular weight is 509 g/mol. The van der Waals surface area contributed by atoms with Gasteiger partial charge in [-0.2, -0.15) is 5.26 Å². The third-order valence-electron chi connectivity index (χ3n) is 7.80. The molecule has 0 N–H and O–H groups in total. The molecule has 3 saturated heterocycles. The molecular weight excluding hydrogens is 480 g/mol. The van der Waals surface area contributed by atoms with E-state index in [-0.39, 0.29) is 24.4 Å². The molecule has 0 aromatic carbocycles. The topological polar surface area (TPSA) is 115 Å². The Hall–Kier alpha value is -4.14. The highest BCUT2D eigenvalue weighted by Gasteiger charge is 2.50. The lowest BCUT2D eigenvalue weighted by Crippen LogP contribution is -2.57. The van der Waals surface area contributed by atoms with Crippen molar-refractivity contribution in [3.8, 4) is 11.9 Å². The lowest BCUT2D eigenvalue weighted by atomic mass is 10.1. The Bertz CT molecular complexity index is 1530. The van der Waals surface area contributed by atoms with E-state index in [1.165, 1.54) is 0 Å². The predicted octanol–water partition coefficient (Wildman–Crippen LogP) is 2.68. The van der Waals surface area contributed by atoms with Crippen molar-refractivity contribution in [2.24, 2.45) is 0 Å². The Morgan fingerprint density at radius 3 is 2.61 bits per heavy atom. The number of nitriles is 1. The number of aromatic nitrogens is 6. The Balaban J connectivity index is 1.23. The molecule has 192 valence electrons. The highest BCUT2D eigenvalue weighted by molar-refractivity contribution is 6.01. The highest BCUT2D eigenvalue weighted by Crippen LogP contribution is 2.43. The van der Waals surface area contributed by atoms with Crippen molar-refractivity contribution >= 4 is 22.5 Å². The Labute approximate surface area is 220 Å². The van der Waals surface area contributed by atoms with Crippen molar-refractivity contribution in [2.75, 3.05) is 36.0 Å². The fraction of sp³-hybridized carbons (Fsp3) is 0.407. The predicted molar refractivity (Wildman–Crippen MR) is 141 cm³/mol. The number of pyridine rings is 1. The lowest BCUT2D eigenvalue weighted by molar-refractivity contribution is 0.103. The largest absolute Gasteiger partial charge is 0.369 e. The van der Waals surface area contributed by atoms with Gasteiger partial charge in [0.25, 0.3) is 0 Å². The average Bonchev–Trinajstić information content (AvgIpc) is 3.63. The molecule has 0 saturated carbocycles. The number of rotatable bonds is 5. The zero-order chi connectivity index (χ0) is 25.8. The van der Waals surface area contributed by atoms with Crippen molar-refractivity contribution in [3.05, 3.63) is 60.7 Å². The van der Waals surface area contributed by atoms with E-state index in [1.54, 1.807) is 37.1 Å². The Morgan fingerprint density at radius 2 is 1.84 bits per heavy atom. The van der Waals surface area contributed by atoms with Crippen LogP contribution in [0.3, 0.4) is 0 Å². The lowest BCUT2D eigenvalue weighted by Gasteiger charge is -2.44. The summed E-state index contributed by atoms with van der Waals surface area (Å²) in [5.74, 6) is 2.36. The van der Waals surface area contributed by atoms with Gasteiger partial charge in [-0.05, 0) is 38.5 Å². The van der Waals surface area contributed by atoms with Crippen LogP contribution in [0.4, 0.5) is 11.5 Å². The third-order valence-corrected chi connectivity index (χ3v) is 7.80. The number of hydrogen-bond acceptors (Lipinski definition) is 10. The van der Waals surface area contributed by atoms with Crippen LogP contribution in [0, 0.1) is 11.3 Å². The van der Waals surface area contributed by atoms with Crippen molar-refractivity contribution in [2.45, 2.75) is 44.7 Å². The Kier molecular flexibility index (Phi) is 5.45. The van der Waals surface area contributed by atoms with Crippen molar-refractivity contribution < 1.29 is 4.74 Å². The van der Waals surface area contributed by atoms with Gasteiger partial charge in [-0.25, -0.2) is 24.9 Å². The minimum Gasteiger partial charge on any atom is -0.369 e. The van der Waals surface area contributed by atoms with Gasteiger partial charge in [-0.15, -0.1) is 0 Å². The number of anilines is 2. The normalized spacial score (nSPS) is 25.3. The smallest absolute Gasteiger partial charge is 0.161 e. The Morgan fingerprint density at radius 1 is 1.00 bits per heavy atom. The van der Waals surface area contributed by atoms with Crippen LogP contribution in [0.25, 0.3) is 16.9 Å². The molecule has 0 amide bonds. The molecule has 0 spiro atoms. The van der Waals surface area contributed by atoms with Gasteiger partial charge in [-0.1, -0.05) is 0 Å². The summed E-state index contributed by atoms with van der Waals surface area (Å²) in [6.07, 6.45) is 10.0. The number of piperazine rings is 1. The summed E-state index contributed by atoms with van der Waals surface area (Å²) in [5.41, 5.74) is 2.48. The molecule has 7 heterocycles. The first-order valence-corrected chi connectivity index (χ1v) is 13.0. The van der Waals surface area contributed by atoms with Crippen molar-refractivity contribution in [1.82, 2.24) is 34.4 Å². The van der Waals surface area contributed by atoms with Crippen molar-refractivity contribution in [1.29, 1.82) is 5.26 Å². The highest BCUT2D eigenvalue weighted by atomic mass is 16.6. The van der Waals surface area contributed by atoms with E-state index >= 15 is 0 Å². The second-order valence-corrected chi connectivity index (χ2v) is 10.2. The van der Waals surface area contributed by atoms with Crippen LogP contribution in [0.1, 0.15) is 37.8 Å². The minimum absolute atomic E-state index is 0.00126. The van der Waals surface area contributed by atoms with Gasteiger partial charge in [0.05, 0.1) is 22.7 Å². The zero-order valence-electron chi connectivity index (χ0n) is 21.3. The molecule has 2 unspecified atom stereocenters. The molecule has 7 rings (SSSR count). The number of epoxide rings is 1. The summed E-state index contributed by atoms with van der Waals surface area (Å²) in [6.45, 7) is 8.12. The molecule has 3 aliphatic heterocycles. The summed E-state index contributed by atoms with van der Waals surface area (Å²) in [7, 11) is 0. The maximum atomic E-state index is 9.43. The summed E-state index contributed by atoms with van der Waals surface area (Å²) in [5, 5.41) is 10.5. The minimum atomic E-state index is -0.0770. The first-order valence-electron chi connectivity index (χ1n) is 13.0. The van der Waals surface area contributed by atoms with Crippen LogP contribution in [0.5, 0.6) is 0 Å². The fourth-order valence-electron chi connectivity index (χ4n) is 5.64. The van der Waals surface area contributed by atoms with E-state index in [4.69, 9.17) is 14.7 Å². The molecule has 0 radical (unpaired) electrons. The third kappa shape index (κ3) is 3.76. The summed E-state index contributed by atoms with van der Waals surface area (Å²) in [6, 6.07) is 8.01. The number of fused-ring (bicyclic) bond motifs is 1. The molecule has 38 heavy (non-hydrogen) atoms. The van der Waals surface area contributed by atoms with Crippen LogP contribution in [-0.4, -0.2) is 78.9 Å². The molecule has 0 bridgehead atoms. The second-order valence-electron chi connectivity index (χ2n) is 10.2. The monoisotopic (exact) mass is 508 g/mol. The quantitative estimate of drug-likeness (QED) is 0.373. The molecule has 4 aromatic rings. The van der Waals surface area contributed by atoms with E-state index in [0.717, 1.165) is 61.0 Å². The molecule has 3 aliphatic rings. The van der Waals surface area contributed by atoms with E-state index < -0.39 is 0 Å². The number of ether oxygens (including phenoxy) is 1. The maximum absolute atomic E-state index is 9.43. The van der Waals surface area contributed by atoms with E-state index in [1.807, 2.05) is 10.6 Å². The summed E-state index contributed by atoms with van der Waals surface area (Å²) < 4.78 is 8.02. The first kappa shape index (κ1) is 23.0. The molecule has 4 atom stereocenters. The molecule has 0 aliphatic carbocycles. The van der Waals surface area contributed by atoms with Gasteiger partial charge in [-0.3, -0.25) is 9.47 Å². The molecule has 4 aromatic heterocycles. The van der Waals surface area contributed by atoms with E-state index in [2.05, 4.69) is 55.8 Å². The summed E-state index contributed by atoms with van der Waals surface area (Å²) in [4.78, 5) is 30.0. The van der Waals surface area contributed by atoms with Crippen molar-refractivity contribution in [3.63, 3.8) is 0 Å². The molecular formula is C27H28N10O. The van der Waals surface area contributed by atoms with Crippen LogP contribution < -0.4 is 9.80 Å². The van der Waals surface area contributed by atoms with Gasteiger partial charge in [0.2, 0.25) is 0 Å². The van der Waals surface area contributed by atoms with E-state index in [9.17, 15) is 5.26 Å². The SMILES string of the molecule is C[C@@H]1CN(c2ncnc3c2c(N2CCC2)cn3-c2cc(C#N)ccn2)[C@@H](C)CN1C1OC1c1ncccn1. The van der Waals surface area contributed by atoms with Crippen LogP contribution in [-0.2, 0) is 4.74 Å².